The number of aliphatic carboxylic acids is 1. The summed E-state index contributed by atoms with van der Waals surface area (Å²) in [7, 11) is 5.97. The van der Waals surface area contributed by atoms with Gasteiger partial charge in [0.05, 0.1) is 34.4 Å². The first-order valence-corrected chi connectivity index (χ1v) is 34.8. The first-order valence-electron chi connectivity index (χ1n) is 34.8. The van der Waals surface area contributed by atoms with E-state index in [2.05, 4.69) is 62.5 Å². The zero-order valence-electron chi connectivity index (χ0n) is 54.2. The predicted molar refractivity (Wildman–Crippen MR) is 346 cm³/mol. The average molecular weight is 1140 g/mol. The number of hydrogen-bond donors (Lipinski definition) is 1. The summed E-state index contributed by atoms with van der Waals surface area (Å²) in [5.74, 6) is -2.00. The molecule has 9 heteroatoms. The molecule has 0 saturated carbocycles. The van der Waals surface area contributed by atoms with Crippen LogP contribution >= 0.6 is 0 Å². The predicted octanol–water partition coefficient (Wildman–Crippen LogP) is 21.4. The van der Waals surface area contributed by atoms with Crippen molar-refractivity contribution < 1.29 is 42.9 Å². The van der Waals surface area contributed by atoms with Crippen molar-refractivity contribution in [3.63, 3.8) is 0 Å². The van der Waals surface area contributed by atoms with Crippen molar-refractivity contribution in [2.75, 3.05) is 47.5 Å². The van der Waals surface area contributed by atoms with E-state index in [1.165, 1.54) is 238 Å². The van der Waals surface area contributed by atoms with Gasteiger partial charge in [-0.05, 0) is 70.6 Å². The Bertz CT molecular complexity index is 1470. The number of carboxylic acid groups (broad SMARTS) is 1. The number of carbonyl (C=O) groups is 3. The van der Waals surface area contributed by atoms with Gasteiger partial charge in [0.25, 0.3) is 6.29 Å². The number of allylic oxidation sites excluding steroid dienone is 8. The number of ether oxygens (including phenoxy) is 4. The van der Waals surface area contributed by atoms with Gasteiger partial charge in [0.15, 0.2) is 6.10 Å². The second kappa shape index (κ2) is 63.3. The van der Waals surface area contributed by atoms with E-state index in [0.29, 0.717) is 23.9 Å². The third-order valence-electron chi connectivity index (χ3n) is 15.6. The molecule has 0 radical (unpaired) electrons. The van der Waals surface area contributed by atoms with Crippen LogP contribution in [0.3, 0.4) is 0 Å². The van der Waals surface area contributed by atoms with E-state index >= 15 is 0 Å². The Hall–Kier alpha value is -2.75. The molecule has 474 valence electrons. The molecular formula is C72H134NO8+. The van der Waals surface area contributed by atoms with Crippen LogP contribution in [-0.2, 0) is 33.3 Å². The van der Waals surface area contributed by atoms with Crippen molar-refractivity contribution in [2.45, 2.75) is 347 Å². The van der Waals surface area contributed by atoms with E-state index < -0.39 is 24.3 Å². The number of likely N-dealkylation sites (N-methyl/N-ethyl adjacent to an activating group) is 1. The lowest BCUT2D eigenvalue weighted by Gasteiger charge is -2.25. The van der Waals surface area contributed by atoms with Gasteiger partial charge in [0, 0.05) is 12.8 Å². The van der Waals surface area contributed by atoms with Crippen molar-refractivity contribution in [1.82, 2.24) is 0 Å². The number of hydrogen-bond acceptors (Lipinski definition) is 7. The quantitative estimate of drug-likeness (QED) is 0.0211. The minimum atomic E-state index is -1.51. The van der Waals surface area contributed by atoms with Crippen molar-refractivity contribution in [3.05, 3.63) is 48.6 Å². The van der Waals surface area contributed by atoms with Gasteiger partial charge in [-0.2, -0.15) is 0 Å². The highest BCUT2D eigenvalue weighted by molar-refractivity contribution is 5.71. The molecule has 0 aliphatic carbocycles. The Labute approximate surface area is 502 Å². The van der Waals surface area contributed by atoms with E-state index in [1.54, 1.807) is 0 Å². The number of nitrogens with zero attached hydrogens (tertiary/aromatic N) is 1. The smallest absolute Gasteiger partial charge is 0.361 e. The molecule has 0 amide bonds. The van der Waals surface area contributed by atoms with Crippen molar-refractivity contribution in [1.29, 1.82) is 0 Å². The Kier molecular flexibility index (Phi) is 61.1. The number of quaternary nitrogens is 1. The molecule has 0 spiro atoms. The number of esters is 2. The molecule has 0 aromatic heterocycles. The Balaban J connectivity index is 3.93. The molecule has 0 bridgehead atoms. The molecule has 0 fully saturated rings. The van der Waals surface area contributed by atoms with Gasteiger partial charge in [-0.15, -0.1) is 0 Å². The minimum Gasteiger partial charge on any atom is -0.477 e. The fraction of sp³-hybridized carbons (Fsp3) is 0.847. The monoisotopic (exact) mass is 1140 g/mol. The van der Waals surface area contributed by atoms with E-state index in [4.69, 9.17) is 18.9 Å². The summed E-state index contributed by atoms with van der Waals surface area (Å²) in [5, 5.41) is 9.72. The van der Waals surface area contributed by atoms with Crippen LogP contribution in [0.2, 0.25) is 0 Å². The highest BCUT2D eigenvalue weighted by atomic mass is 16.7. The molecule has 9 nitrogen and oxygen atoms in total. The maximum atomic E-state index is 12.9. The summed E-state index contributed by atoms with van der Waals surface area (Å²) in [6.45, 7) is 4.80. The fourth-order valence-corrected chi connectivity index (χ4v) is 10.3. The van der Waals surface area contributed by atoms with Crippen molar-refractivity contribution in [3.8, 4) is 0 Å². The van der Waals surface area contributed by atoms with Gasteiger partial charge in [-0.3, -0.25) is 9.59 Å². The number of carbonyl (C=O) groups excluding carboxylic acids is 2. The molecule has 0 rings (SSSR count). The van der Waals surface area contributed by atoms with Crippen LogP contribution in [0.25, 0.3) is 0 Å². The summed E-state index contributed by atoms with van der Waals surface area (Å²) in [4.78, 5) is 37.5. The van der Waals surface area contributed by atoms with E-state index in [-0.39, 0.29) is 32.2 Å². The Morgan fingerprint density at radius 2 is 0.704 bits per heavy atom. The third-order valence-corrected chi connectivity index (χ3v) is 15.6. The van der Waals surface area contributed by atoms with Crippen LogP contribution in [-0.4, -0.2) is 87.4 Å². The highest BCUT2D eigenvalue weighted by Crippen LogP contribution is 2.18. The maximum absolute atomic E-state index is 12.9. The van der Waals surface area contributed by atoms with Crippen molar-refractivity contribution in [2.24, 2.45) is 0 Å². The van der Waals surface area contributed by atoms with Crippen LogP contribution in [0.1, 0.15) is 335 Å². The first-order chi connectivity index (χ1) is 39.6. The summed E-state index contributed by atoms with van der Waals surface area (Å²) >= 11 is 0. The van der Waals surface area contributed by atoms with Gasteiger partial charge in [-0.25, -0.2) is 4.79 Å². The Morgan fingerprint density at radius 1 is 0.383 bits per heavy atom. The van der Waals surface area contributed by atoms with E-state index in [9.17, 15) is 19.5 Å². The minimum absolute atomic E-state index is 0.183. The molecule has 2 atom stereocenters. The molecular weight excluding hydrogens is 1010 g/mol. The molecule has 0 aliphatic heterocycles. The zero-order valence-corrected chi connectivity index (χ0v) is 54.2. The maximum Gasteiger partial charge on any atom is 0.361 e. The summed E-state index contributed by atoms with van der Waals surface area (Å²) in [6, 6.07) is 0. The third kappa shape index (κ3) is 64.7. The zero-order chi connectivity index (χ0) is 59.1. The van der Waals surface area contributed by atoms with Crippen LogP contribution in [0, 0.1) is 0 Å². The lowest BCUT2D eigenvalue weighted by Crippen LogP contribution is -2.40. The van der Waals surface area contributed by atoms with E-state index in [0.717, 1.165) is 64.2 Å². The number of carboxylic acids is 1. The van der Waals surface area contributed by atoms with Gasteiger partial charge >= 0.3 is 17.9 Å². The molecule has 81 heavy (non-hydrogen) atoms. The molecule has 0 heterocycles. The standard InChI is InChI=1S/C72H133NO8/c1-6-8-10-12-14-16-18-20-22-24-25-26-27-28-29-30-31-32-33-34-35-36-37-38-39-40-41-42-43-44-45-47-48-50-52-54-56-58-60-62-69(74)79-66-68(67-80-72(71(76)77)78-65-64-73(3,4)5)81-70(75)63-61-59-57-55-53-51-49-46-23-21-19-17-15-13-11-9-7-2/h9,11,15,17,21,23-25,68,72H,6-8,10,12-14,16,18-20,22,26-67H2,1-5H3/p+1/b11-9-,17-15-,23-21-,25-24-. The second-order valence-electron chi connectivity index (χ2n) is 24.8. The summed E-state index contributed by atoms with van der Waals surface area (Å²) < 4.78 is 22.9. The van der Waals surface area contributed by atoms with Gasteiger partial charge in [0.2, 0.25) is 0 Å². The average Bonchev–Trinajstić information content (AvgIpc) is 3.44. The van der Waals surface area contributed by atoms with Gasteiger partial charge < -0.3 is 28.5 Å². The van der Waals surface area contributed by atoms with Gasteiger partial charge in [0.1, 0.15) is 13.2 Å². The number of unbranched alkanes of at least 4 members (excludes halogenated alkanes) is 42. The topological polar surface area (TPSA) is 108 Å². The highest BCUT2D eigenvalue weighted by Gasteiger charge is 2.25. The lowest BCUT2D eigenvalue weighted by atomic mass is 10.0. The summed E-state index contributed by atoms with van der Waals surface area (Å²) in [5.41, 5.74) is 0. The number of rotatable bonds is 65. The lowest BCUT2D eigenvalue weighted by molar-refractivity contribution is -0.870. The second-order valence-corrected chi connectivity index (χ2v) is 24.8. The summed E-state index contributed by atoms with van der Waals surface area (Å²) in [6.07, 6.45) is 78.3. The van der Waals surface area contributed by atoms with Crippen LogP contribution in [0.4, 0.5) is 0 Å². The van der Waals surface area contributed by atoms with Crippen LogP contribution in [0.15, 0.2) is 48.6 Å². The molecule has 1 N–H and O–H groups in total. The largest absolute Gasteiger partial charge is 0.477 e. The normalized spacial score (nSPS) is 13.0. The fourth-order valence-electron chi connectivity index (χ4n) is 10.3. The molecule has 0 aliphatic rings. The van der Waals surface area contributed by atoms with Crippen LogP contribution < -0.4 is 0 Å². The first kappa shape index (κ1) is 78.2. The van der Waals surface area contributed by atoms with Crippen molar-refractivity contribution >= 4 is 17.9 Å². The van der Waals surface area contributed by atoms with Crippen LogP contribution in [0.5, 0.6) is 0 Å². The molecule has 0 aromatic rings. The molecule has 0 aromatic carbocycles. The van der Waals surface area contributed by atoms with E-state index in [1.807, 2.05) is 21.1 Å². The SMILES string of the molecule is CC/C=C\C/C=C\C/C=C\CCCCCCCCCC(=O)OC(COC(=O)CCCCCCCCCCCCCCCCCCCCCCCCCCCCC/C=C\CCCCCCCCCC)COC(OCC[N+](C)(C)C)C(=O)O. The Morgan fingerprint density at radius 3 is 1.06 bits per heavy atom. The van der Waals surface area contributed by atoms with Gasteiger partial charge in [-0.1, -0.05) is 300 Å². The molecule has 2 unspecified atom stereocenters. The molecule has 0 saturated heterocycles.